The lowest BCUT2D eigenvalue weighted by Gasteiger charge is -2.14. The van der Waals surface area contributed by atoms with Crippen LogP contribution in [0, 0.1) is 0 Å². The topological polar surface area (TPSA) is 77.8 Å². The minimum Gasteiger partial charge on any atom is -0.484 e. The first-order valence-electron chi connectivity index (χ1n) is 10.7. The summed E-state index contributed by atoms with van der Waals surface area (Å²) in [5.74, 6) is 0.122. The largest absolute Gasteiger partial charge is 0.484 e. The van der Waals surface area contributed by atoms with Gasteiger partial charge in [-0.15, -0.1) is 11.3 Å². The molecule has 33 heavy (non-hydrogen) atoms. The number of amides is 1. The molecule has 3 aromatic rings. The summed E-state index contributed by atoms with van der Waals surface area (Å²) in [6, 6.07) is 8.31. The van der Waals surface area contributed by atoms with Gasteiger partial charge in [-0.05, 0) is 69.4 Å². The molecule has 0 aliphatic heterocycles. The molecule has 0 unspecified atom stereocenters. The van der Waals surface area contributed by atoms with E-state index in [9.17, 15) is 9.59 Å². The van der Waals surface area contributed by atoms with Crippen LogP contribution in [-0.4, -0.2) is 18.0 Å². The molecule has 1 aliphatic carbocycles. The Bertz CT molecular complexity index is 1180. The summed E-state index contributed by atoms with van der Waals surface area (Å²) in [6.07, 6.45) is 3.53. The number of carbonyl (C=O) groups is 2. The van der Waals surface area contributed by atoms with Crippen LogP contribution in [0.15, 0.2) is 34.7 Å². The standard InChI is InChI=1S/C24H23Cl2NO5S/c1-13(2)31-24(29)20-15-6-3-4-9-19(15)33-23(20)27-22(28)18-11-10-14(32-18)12-30-17-8-5-7-16(25)21(17)26/h5,7-8,10-11,13H,3-4,6,9,12H2,1-2H3,(H,27,28). The summed E-state index contributed by atoms with van der Waals surface area (Å²) in [6.45, 7) is 3.68. The van der Waals surface area contributed by atoms with E-state index in [1.807, 2.05) is 0 Å². The molecule has 4 rings (SSSR count). The zero-order valence-electron chi connectivity index (χ0n) is 18.2. The van der Waals surface area contributed by atoms with Gasteiger partial charge in [0.1, 0.15) is 28.1 Å². The molecule has 0 atom stereocenters. The minimum absolute atomic E-state index is 0.0760. The fourth-order valence-electron chi connectivity index (χ4n) is 3.63. The number of aryl methyl sites for hydroxylation is 1. The summed E-state index contributed by atoms with van der Waals surface area (Å²) in [4.78, 5) is 26.8. The van der Waals surface area contributed by atoms with Crippen molar-refractivity contribution in [3.63, 3.8) is 0 Å². The number of rotatable bonds is 7. The highest BCUT2D eigenvalue weighted by molar-refractivity contribution is 7.17. The van der Waals surface area contributed by atoms with Gasteiger partial charge in [0.25, 0.3) is 5.91 Å². The SMILES string of the molecule is CC(C)OC(=O)c1c(NC(=O)c2ccc(COc3cccc(Cl)c3Cl)o2)sc2c1CCCC2. The zero-order valence-corrected chi connectivity index (χ0v) is 20.5. The van der Waals surface area contributed by atoms with E-state index in [-0.39, 0.29) is 18.5 Å². The van der Waals surface area contributed by atoms with Gasteiger partial charge in [-0.2, -0.15) is 0 Å². The molecule has 1 amide bonds. The Morgan fingerprint density at radius 1 is 1.15 bits per heavy atom. The van der Waals surface area contributed by atoms with E-state index in [4.69, 9.17) is 37.1 Å². The number of nitrogens with one attached hydrogen (secondary N) is 1. The molecule has 9 heteroatoms. The Morgan fingerprint density at radius 3 is 2.73 bits per heavy atom. The van der Waals surface area contributed by atoms with Gasteiger partial charge in [0.2, 0.25) is 0 Å². The summed E-state index contributed by atoms with van der Waals surface area (Å²) in [5.41, 5.74) is 1.45. The molecule has 1 N–H and O–H groups in total. The van der Waals surface area contributed by atoms with Crippen molar-refractivity contribution in [1.82, 2.24) is 0 Å². The second-order valence-electron chi connectivity index (χ2n) is 7.93. The van der Waals surface area contributed by atoms with Gasteiger partial charge in [0.15, 0.2) is 5.76 Å². The number of benzene rings is 1. The Kier molecular flexibility index (Phi) is 7.32. The van der Waals surface area contributed by atoms with Crippen molar-refractivity contribution in [2.24, 2.45) is 0 Å². The minimum atomic E-state index is -0.445. The number of ether oxygens (including phenoxy) is 2. The smallest absolute Gasteiger partial charge is 0.341 e. The summed E-state index contributed by atoms with van der Waals surface area (Å²) in [7, 11) is 0. The first-order valence-corrected chi connectivity index (χ1v) is 12.2. The quantitative estimate of drug-likeness (QED) is 0.351. The average Bonchev–Trinajstić information content (AvgIpc) is 3.38. The van der Waals surface area contributed by atoms with Gasteiger partial charge >= 0.3 is 5.97 Å². The van der Waals surface area contributed by atoms with E-state index in [1.165, 1.54) is 11.3 Å². The average molecular weight is 508 g/mol. The van der Waals surface area contributed by atoms with Crippen molar-refractivity contribution in [2.75, 3.05) is 5.32 Å². The van der Waals surface area contributed by atoms with Gasteiger partial charge < -0.3 is 19.2 Å². The van der Waals surface area contributed by atoms with Gasteiger partial charge in [0, 0.05) is 4.88 Å². The molecule has 0 bridgehead atoms. The summed E-state index contributed by atoms with van der Waals surface area (Å²) < 4.78 is 16.7. The maximum atomic E-state index is 12.9. The van der Waals surface area contributed by atoms with Crippen molar-refractivity contribution in [1.29, 1.82) is 0 Å². The summed E-state index contributed by atoms with van der Waals surface area (Å²) in [5, 5.41) is 4.04. The maximum absolute atomic E-state index is 12.9. The van der Waals surface area contributed by atoms with E-state index in [0.717, 1.165) is 36.1 Å². The van der Waals surface area contributed by atoms with Crippen LogP contribution in [-0.2, 0) is 24.2 Å². The third kappa shape index (κ3) is 5.37. The van der Waals surface area contributed by atoms with E-state index >= 15 is 0 Å². The lowest BCUT2D eigenvalue weighted by Crippen LogP contribution is -2.17. The van der Waals surface area contributed by atoms with E-state index < -0.39 is 11.9 Å². The summed E-state index contributed by atoms with van der Waals surface area (Å²) >= 11 is 13.6. The number of esters is 1. The van der Waals surface area contributed by atoms with Crippen LogP contribution in [0.5, 0.6) is 5.75 Å². The van der Waals surface area contributed by atoms with Crippen LogP contribution in [0.4, 0.5) is 5.00 Å². The number of hydrogen-bond donors (Lipinski definition) is 1. The van der Waals surface area contributed by atoms with Crippen molar-refractivity contribution in [3.8, 4) is 5.75 Å². The number of furan rings is 1. The Hall–Kier alpha value is -2.48. The predicted octanol–water partition coefficient (Wildman–Crippen LogP) is 6.92. The highest BCUT2D eigenvalue weighted by atomic mass is 35.5. The second-order valence-corrected chi connectivity index (χ2v) is 9.82. The lowest BCUT2D eigenvalue weighted by atomic mass is 9.95. The Labute approximate surface area is 205 Å². The monoisotopic (exact) mass is 507 g/mol. The van der Waals surface area contributed by atoms with Crippen LogP contribution in [0.1, 0.15) is 63.8 Å². The number of carbonyl (C=O) groups excluding carboxylic acids is 2. The molecular formula is C24H23Cl2NO5S. The lowest BCUT2D eigenvalue weighted by molar-refractivity contribution is 0.0378. The first-order chi connectivity index (χ1) is 15.8. The number of halogens is 2. The molecule has 0 radical (unpaired) electrons. The van der Waals surface area contributed by atoms with Crippen molar-refractivity contribution >= 4 is 51.4 Å². The van der Waals surface area contributed by atoms with Crippen molar-refractivity contribution in [2.45, 2.75) is 52.2 Å². The fourth-order valence-corrected chi connectivity index (χ4v) is 5.25. The molecule has 6 nitrogen and oxygen atoms in total. The van der Waals surface area contributed by atoms with Crippen molar-refractivity contribution in [3.05, 3.63) is 67.9 Å². The van der Waals surface area contributed by atoms with Crippen molar-refractivity contribution < 1.29 is 23.5 Å². The number of fused-ring (bicyclic) bond motifs is 1. The number of thiophene rings is 1. The molecule has 1 aromatic carbocycles. The van der Waals surface area contributed by atoms with Crippen LogP contribution < -0.4 is 10.1 Å². The molecular weight excluding hydrogens is 485 g/mol. The predicted molar refractivity (Wildman–Crippen MR) is 129 cm³/mol. The molecule has 2 heterocycles. The highest BCUT2D eigenvalue weighted by Crippen LogP contribution is 2.39. The second kappa shape index (κ2) is 10.2. The van der Waals surface area contributed by atoms with Gasteiger partial charge in [-0.1, -0.05) is 29.3 Å². The van der Waals surface area contributed by atoms with Crippen LogP contribution >= 0.6 is 34.5 Å². The highest BCUT2D eigenvalue weighted by Gasteiger charge is 2.28. The van der Waals surface area contributed by atoms with Crippen LogP contribution in [0.2, 0.25) is 10.0 Å². The molecule has 0 saturated carbocycles. The molecule has 0 saturated heterocycles. The Morgan fingerprint density at radius 2 is 1.94 bits per heavy atom. The molecule has 0 fully saturated rings. The van der Waals surface area contributed by atoms with Gasteiger partial charge in [0.05, 0.1) is 16.7 Å². The first kappa shape index (κ1) is 23.7. The third-order valence-electron chi connectivity index (χ3n) is 5.12. The third-order valence-corrected chi connectivity index (χ3v) is 7.13. The molecule has 1 aliphatic rings. The van der Waals surface area contributed by atoms with Gasteiger partial charge in [-0.3, -0.25) is 4.79 Å². The maximum Gasteiger partial charge on any atom is 0.341 e. The van der Waals surface area contributed by atoms with Gasteiger partial charge in [-0.25, -0.2) is 4.79 Å². The zero-order chi connectivity index (χ0) is 23.5. The normalized spacial score (nSPS) is 13.0. The number of anilines is 1. The molecule has 2 aromatic heterocycles. The molecule has 174 valence electrons. The number of hydrogen-bond acceptors (Lipinski definition) is 6. The van der Waals surface area contributed by atoms with Crippen LogP contribution in [0.3, 0.4) is 0 Å². The van der Waals surface area contributed by atoms with E-state index in [0.29, 0.717) is 32.1 Å². The fraction of sp³-hybridized carbons (Fsp3) is 0.333. The van der Waals surface area contributed by atoms with Crippen LogP contribution in [0.25, 0.3) is 0 Å². The van der Waals surface area contributed by atoms with E-state index in [1.54, 1.807) is 44.2 Å². The Balaban J connectivity index is 1.49. The molecule has 0 spiro atoms. The van der Waals surface area contributed by atoms with E-state index in [2.05, 4.69) is 5.32 Å².